The lowest BCUT2D eigenvalue weighted by atomic mass is 10.1. The van der Waals surface area contributed by atoms with E-state index in [4.69, 9.17) is 9.47 Å². The molecule has 0 spiro atoms. The van der Waals surface area contributed by atoms with Crippen molar-refractivity contribution in [1.29, 1.82) is 0 Å². The van der Waals surface area contributed by atoms with Gasteiger partial charge in [-0.15, -0.1) is 18.3 Å². The van der Waals surface area contributed by atoms with Crippen LogP contribution in [0.3, 0.4) is 0 Å². The maximum atomic E-state index is 13.1. The summed E-state index contributed by atoms with van der Waals surface area (Å²) in [6.07, 6.45) is -2.93. The Kier molecular flexibility index (Phi) is 10.4. The summed E-state index contributed by atoms with van der Waals surface area (Å²) >= 11 is 0. The topological polar surface area (TPSA) is 111 Å². The molecule has 40 heavy (non-hydrogen) atoms. The monoisotopic (exact) mass is 560 g/mol. The van der Waals surface area contributed by atoms with Crippen molar-refractivity contribution >= 4 is 29.6 Å². The number of benzene rings is 2. The Morgan fingerprint density at radius 3 is 2.48 bits per heavy atom. The number of anilines is 2. The number of ether oxygens (including phenoxy) is 3. The molecule has 0 radical (unpaired) electrons. The molecule has 10 nitrogen and oxygen atoms in total. The van der Waals surface area contributed by atoms with E-state index in [1.165, 1.54) is 22.8 Å². The number of alkyl halides is 3. The summed E-state index contributed by atoms with van der Waals surface area (Å²) in [5, 5.41) is 8.25. The van der Waals surface area contributed by atoms with Gasteiger partial charge < -0.3 is 24.1 Å². The first kappa shape index (κ1) is 29.9. The van der Waals surface area contributed by atoms with Crippen LogP contribution >= 0.6 is 0 Å². The molecule has 3 rings (SSSR count). The van der Waals surface area contributed by atoms with Crippen LogP contribution in [-0.2, 0) is 25.6 Å². The number of amidine groups is 1. The van der Waals surface area contributed by atoms with E-state index in [9.17, 15) is 27.6 Å². The van der Waals surface area contributed by atoms with Gasteiger partial charge in [0, 0.05) is 18.3 Å². The van der Waals surface area contributed by atoms with E-state index >= 15 is 0 Å². The van der Waals surface area contributed by atoms with Gasteiger partial charge in [-0.05, 0) is 55.8 Å². The van der Waals surface area contributed by atoms with E-state index in [1.807, 2.05) is 13.0 Å². The molecule has 0 aliphatic heterocycles. The van der Waals surface area contributed by atoms with Crippen molar-refractivity contribution in [3.8, 4) is 5.75 Å². The molecule has 1 amide bonds. The van der Waals surface area contributed by atoms with Crippen molar-refractivity contribution in [2.75, 3.05) is 30.1 Å². The summed E-state index contributed by atoms with van der Waals surface area (Å²) in [5.41, 5.74) is 1.21. The Balaban J connectivity index is 1.88. The summed E-state index contributed by atoms with van der Waals surface area (Å²) in [5.74, 6) is -0.833. The summed E-state index contributed by atoms with van der Waals surface area (Å²) < 4.78 is 52.8. The second-order valence-corrected chi connectivity index (χ2v) is 8.16. The molecule has 1 N–H and O–H groups in total. The molecule has 0 unspecified atom stereocenters. The SMILES string of the molecule is CCOC(=O)COCCn1cccc(N/C(=N/N(C=O)c2ccc(OC(F)(F)F)cc2)c2ccccc2C)c1=O. The van der Waals surface area contributed by atoms with E-state index < -0.39 is 23.6 Å². The lowest BCUT2D eigenvalue weighted by Crippen LogP contribution is -2.29. The van der Waals surface area contributed by atoms with Crippen molar-refractivity contribution in [2.24, 2.45) is 5.10 Å². The molecule has 0 atom stereocenters. The molecule has 0 saturated heterocycles. The highest BCUT2D eigenvalue weighted by Gasteiger charge is 2.31. The highest BCUT2D eigenvalue weighted by molar-refractivity contribution is 6.10. The normalized spacial score (nSPS) is 11.6. The first-order valence-corrected chi connectivity index (χ1v) is 12.1. The summed E-state index contributed by atoms with van der Waals surface area (Å²) in [6.45, 7) is 3.72. The predicted molar refractivity (Wildman–Crippen MR) is 141 cm³/mol. The predicted octanol–water partition coefficient (Wildman–Crippen LogP) is 4.07. The minimum atomic E-state index is -4.86. The minimum Gasteiger partial charge on any atom is -0.464 e. The second-order valence-electron chi connectivity index (χ2n) is 8.16. The number of aromatic nitrogens is 1. The lowest BCUT2D eigenvalue weighted by Gasteiger charge is -2.18. The number of halogens is 3. The maximum Gasteiger partial charge on any atom is 0.573 e. The summed E-state index contributed by atoms with van der Waals surface area (Å²) in [6, 6.07) is 14.8. The maximum absolute atomic E-state index is 13.1. The van der Waals surface area contributed by atoms with Gasteiger partial charge in [-0.25, -0.2) is 9.80 Å². The Hall–Kier alpha value is -4.65. The Morgan fingerprint density at radius 2 is 1.82 bits per heavy atom. The van der Waals surface area contributed by atoms with Crippen LogP contribution in [0.1, 0.15) is 18.1 Å². The zero-order valence-electron chi connectivity index (χ0n) is 21.7. The number of aryl methyl sites for hydroxylation is 1. The van der Waals surface area contributed by atoms with Gasteiger partial charge in [-0.1, -0.05) is 24.3 Å². The largest absolute Gasteiger partial charge is 0.573 e. The average molecular weight is 561 g/mol. The van der Waals surface area contributed by atoms with Crippen LogP contribution in [0.15, 0.2) is 76.8 Å². The van der Waals surface area contributed by atoms with Crippen LogP contribution in [0.4, 0.5) is 24.5 Å². The van der Waals surface area contributed by atoms with Gasteiger partial charge in [0.15, 0.2) is 5.84 Å². The molecule has 0 saturated carbocycles. The lowest BCUT2D eigenvalue weighted by molar-refractivity contribution is -0.274. The van der Waals surface area contributed by atoms with Gasteiger partial charge in [0.25, 0.3) is 5.56 Å². The van der Waals surface area contributed by atoms with Crippen molar-refractivity contribution in [3.05, 3.63) is 88.3 Å². The fourth-order valence-electron chi connectivity index (χ4n) is 3.49. The van der Waals surface area contributed by atoms with Gasteiger partial charge >= 0.3 is 12.3 Å². The highest BCUT2D eigenvalue weighted by Crippen LogP contribution is 2.25. The molecular weight excluding hydrogens is 533 g/mol. The minimum absolute atomic E-state index is 0.0773. The first-order valence-electron chi connectivity index (χ1n) is 12.1. The summed E-state index contributed by atoms with van der Waals surface area (Å²) in [7, 11) is 0. The van der Waals surface area contributed by atoms with Gasteiger partial charge in [0.2, 0.25) is 6.41 Å². The number of hydrogen-bond donors (Lipinski definition) is 1. The standard InChI is InChI=1S/C27H27F3N4O6/c1-3-39-24(36)17-38-16-15-33-14-6-9-23(26(33)37)31-25(22-8-5-4-7-19(22)2)32-34(18-35)20-10-12-21(13-11-20)40-27(28,29)30/h4-14,18H,3,15-17H2,1-2H3,(H,31,32). The number of nitrogens with one attached hydrogen (secondary N) is 1. The molecule has 1 heterocycles. The Morgan fingerprint density at radius 1 is 1.10 bits per heavy atom. The number of nitrogens with zero attached hydrogens (tertiary/aromatic N) is 3. The van der Waals surface area contributed by atoms with Crippen LogP contribution in [0.5, 0.6) is 5.75 Å². The zero-order chi connectivity index (χ0) is 29.1. The molecule has 0 aliphatic rings. The van der Waals surface area contributed by atoms with Crippen LogP contribution < -0.4 is 20.6 Å². The fourth-order valence-corrected chi connectivity index (χ4v) is 3.49. The molecule has 0 aliphatic carbocycles. The highest BCUT2D eigenvalue weighted by atomic mass is 19.4. The van der Waals surface area contributed by atoms with Gasteiger partial charge in [-0.2, -0.15) is 0 Å². The van der Waals surface area contributed by atoms with Gasteiger partial charge in [-0.3, -0.25) is 9.59 Å². The number of pyridine rings is 1. The number of esters is 1. The number of hydrazone groups is 1. The van der Waals surface area contributed by atoms with Crippen LogP contribution in [0.2, 0.25) is 0 Å². The van der Waals surface area contributed by atoms with Crippen molar-refractivity contribution in [2.45, 2.75) is 26.8 Å². The van der Waals surface area contributed by atoms with Crippen LogP contribution in [0, 0.1) is 6.92 Å². The molecule has 0 bridgehead atoms. The smallest absolute Gasteiger partial charge is 0.464 e. The molecule has 0 fully saturated rings. The third-order valence-corrected chi connectivity index (χ3v) is 5.32. The third-order valence-electron chi connectivity index (χ3n) is 5.32. The number of carbonyl (C=O) groups excluding carboxylic acids is 2. The van der Waals surface area contributed by atoms with Crippen LogP contribution in [0.25, 0.3) is 0 Å². The molecule has 3 aromatic rings. The van der Waals surface area contributed by atoms with Crippen molar-refractivity contribution in [3.63, 3.8) is 0 Å². The zero-order valence-corrected chi connectivity index (χ0v) is 21.7. The Bertz CT molecular complexity index is 1390. The van der Waals surface area contributed by atoms with E-state index in [0.717, 1.165) is 22.7 Å². The Labute approximate surface area is 227 Å². The number of carbonyl (C=O) groups is 2. The van der Waals surface area contributed by atoms with Gasteiger partial charge in [0.05, 0.1) is 18.9 Å². The number of rotatable bonds is 12. The third kappa shape index (κ3) is 8.70. The van der Waals surface area contributed by atoms with E-state index in [-0.39, 0.29) is 43.6 Å². The van der Waals surface area contributed by atoms with Crippen molar-refractivity contribution in [1.82, 2.24) is 4.57 Å². The fraction of sp³-hybridized carbons (Fsp3) is 0.259. The molecule has 212 valence electrons. The van der Waals surface area contributed by atoms with Crippen molar-refractivity contribution < 1.29 is 37.0 Å². The second kappa shape index (κ2) is 13.9. The molecule has 2 aromatic carbocycles. The average Bonchev–Trinajstić information content (AvgIpc) is 2.91. The van der Waals surface area contributed by atoms with E-state index in [2.05, 4.69) is 15.2 Å². The number of hydrogen-bond acceptors (Lipinski definition) is 7. The quantitative estimate of drug-likeness (QED) is 0.0888. The molecule has 13 heteroatoms. The first-order chi connectivity index (χ1) is 19.1. The van der Waals surface area contributed by atoms with Crippen LogP contribution in [-0.4, -0.2) is 49.0 Å². The summed E-state index contributed by atoms with van der Waals surface area (Å²) in [4.78, 5) is 36.5. The van der Waals surface area contributed by atoms with E-state index in [1.54, 1.807) is 37.4 Å². The number of amides is 1. The van der Waals surface area contributed by atoms with E-state index in [0.29, 0.717) is 12.0 Å². The van der Waals surface area contributed by atoms with Gasteiger partial charge in [0.1, 0.15) is 18.0 Å². The molecule has 1 aromatic heterocycles. The molecular formula is C27H27F3N4O6.